The van der Waals surface area contributed by atoms with Crippen LogP contribution in [0.5, 0.6) is 0 Å². The molecule has 0 aliphatic carbocycles. The summed E-state index contributed by atoms with van der Waals surface area (Å²) in [6.07, 6.45) is 120. The maximum atomic E-state index is 15.1. The van der Waals surface area contributed by atoms with Crippen LogP contribution in [0.1, 0.15) is 686 Å². The van der Waals surface area contributed by atoms with Gasteiger partial charge in [0, 0.05) is 23.9 Å². The fraction of sp³-hybridized carbons (Fsp3) is 0.983. The molecule has 2 fully saturated rings. The summed E-state index contributed by atoms with van der Waals surface area (Å²) in [7, 11) is 0. The van der Waals surface area contributed by atoms with Crippen LogP contribution in [0.3, 0.4) is 0 Å². The minimum absolute atomic E-state index is 0.0343. The fourth-order valence-electron chi connectivity index (χ4n) is 22.4. The molecule has 0 bridgehead atoms. The van der Waals surface area contributed by atoms with Gasteiger partial charge in [0.1, 0.15) is 12.2 Å². The lowest BCUT2D eigenvalue weighted by atomic mass is 9.68. The van der Waals surface area contributed by atoms with Crippen LogP contribution in [-0.4, -0.2) is 69.6 Å². The average Bonchev–Trinajstić information content (AvgIpc) is 0.740. The van der Waals surface area contributed by atoms with Crippen LogP contribution in [0.4, 0.5) is 0 Å². The SMILES string of the molecule is CCCCCCCCCCC1(CCCCCCCCCC)CCC(OC(=O)CCCCCCCCC(=O)OC2CCC(CCCCCCCCCC)(CCCCCCCCCC)N(OCCCCCCCC)C2(CCCCCCCCCC)CCCCCCCCCC)C(CCCCCCCCCC)(CCCCCCCCCC)N1OCCCCCCCC. The smallest absolute Gasteiger partial charge is 0.306 e. The van der Waals surface area contributed by atoms with Gasteiger partial charge in [-0.2, -0.15) is 10.1 Å². The molecule has 8 nitrogen and oxygen atoms in total. The second kappa shape index (κ2) is 87.1. The topological polar surface area (TPSA) is 77.5 Å². The van der Waals surface area contributed by atoms with E-state index < -0.39 is 0 Å². The van der Waals surface area contributed by atoms with Crippen molar-refractivity contribution >= 4 is 11.9 Å². The highest BCUT2D eigenvalue weighted by Gasteiger charge is 2.59. The molecule has 0 spiro atoms. The van der Waals surface area contributed by atoms with Gasteiger partial charge in [-0.3, -0.25) is 19.3 Å². The van der Waals surface area contributed by atoms with Crippen molar-refractivity contribution in [3.05, 3.63) is 0 Å². The van der Waals surface area contributed by atoms with Crippen LogP contribution in [0.15, 0.2) is 0 Å². The Balaban J connectivity index is 2.64. The van der Waals surface area contributed by atoms with Crippen molar-refractivity contribution in [3.63, 3.8) is 0 Å². The molecule has 2 aliphatic heterocycles. The Morgan fingerprint density at radius 1 is 0.202 bits per heavy atom. The van der Waals surface area contributed by atoms with Crippen LogP contribution in [-0.2, 0) is 28.7 Å². The van der Waals surface area contributed by atoms with Crippen LogP contribution >= 0.6 is 0 Å². The van der Waals surface area contributed by atoms with Crippen LogP contribution in [0.25, 0.3) is 0 Å². The van der Waals surface area contributed by atoms with E-state index >= 15 is 9.59 Å². The molecule has 0 amide bonds. The Morgan fingerprint density at radius 3 is 0.540 bits per heavy atom. The summed E-state index contributed by atoms with van der Waals surface area (Å²) in [6, 6.07) is 0. The summed E-state index contributed by atoms with van der Waals surface area (Å²) in [5.41, 5.74) is -0.738. The molecule has 2 saturated heterocycles. The third-order valence-electron chi connectivity index (χ3n) is 30.4. The van der Waals surface area contributed by atoms with E-state index in [1.165, 1.54) is 501 Å². The number of ether oxygens (including phenoxy) is 2. The second-order valence-corrected chi connectivity index (χ2v) is 41.9. The van der Waals surface area contributed by atoms with Gasteiger partial charge >= 0.3 is 11.9 Å². The summed E-state index contributed by atoms with van der Waals surface area (Å²) in [4.78, 5) is 45.7. The summed E-state index contributed by atoms with van der Waals surface area (Å²) in [6.45, 7) is 25.0. The molecule has 2 aliphatic rings. The second-order valence-electron chi connectivity index (χ2n) is 41.9. The van der Waals surface area contributed by atoms with E-state index in [0.29, 0.717) is 12.8 Å². The maximum Gasteiger partial charge on any atom is 0.306 e. The molecule has 0 N–H and O–H groups in total. The number of carbonyl (C=O) groups excluding carboxylic acids is 2. The highest BCUT2D eigenvalue weighted by molar-refractivity contribution is 5.70. The predicted octanol–water partition coefficient (Wildman–Crippen LogP) is 39.9. The lowest BCUT2D eigenvalue weighted by Gasteiger charge is -2.60. The quantitative estimate of drug-likeness (QED) is 0.0440. The first-order valence-corrected chi connectivity index (χ1v) is 58.3. The zero-order valence-corrected chi connectivity index (χ0v) is 86.8. The number of piperidine rings is 2. The van der Waals surface area contributed by atoms with E-state index in [2.05, 4.69) is 79.4 Å². The Bertz CT molecular complexity index is 1970. The normalized spacial score (nSPS) is 16.5. The van der Waals surface area contributed by atoms with E-state index in [1.54, 1.807) is 0 Å². The molecule has 738 valence electrons. The van der Waals surface area contributed by atoms with E-state index in [0.717, 1.165) is 116 Å². The molecular formula is C116H228N2O6. The number of unbranched alkanes of at least 4 members (excludes halogenated alkanes) is 71. The predicted molar refractivity (Wildman–Crippen MR) is 546 cm³/mol. The van der Waals surface area contributed by atoms with E-state index in [9.17, 15) is 0 Å². The van der Waals surface area contributed by atoms with Crippen molar-refractivity contribution in [2.45, 2.75) is 720 Å². The molecular weight excluding hydrogens is 1520 g/mol. The van der Waals surface area contributed by atoms with Crippen molar-refractivity contribution in [2.75, 3.05) is 13.2 Å². The minimum Gasteiger partial charge on any atom is -0.460 e. The van der Waals surface area contributed by atoms with Crippen molar-refractivity contribution in [1.82, 2.24) is 10.1 Å². The Kier molecular flexibility index (Phi) is 83.5. The summed E-state index contributed by atoms with van der Waals surface area (Å²) in [5, 5.41) is 5.56. The molecule has 8 heteroatoms. The van der Waals surface area contributed by atoms with Crippen molar-refractivity contribution in [2.24, 2.45) is 0 Å². The first kappa shape index (κ1) is 119. The van der Waals surface area contributed by atoms with Gasteiger partial charge in [-0.15, -0.1) is 0 Å². The van der Waals surface area contributed by atoms with Gasteiger partial charge in [0.25, 0.3) is 0 Å². The molecule has 2 heterocycles. The summed E-state index contributed by atoms with van der Waals surface area (Å²) < 4.78 is 14.6. The van der Waals surface area contributed by atoms with Crippen molar-refractivity contribution in [3.8, 4) is 0 Å². The summed E-state index contributed by atoms with van der Waals surface area (Å²) in [5.74, 6) is 0.0686. The lowest BCUT2D eigenvalue weighted by molar-refractivity contribution is -0.328. The van der Waals surface area contributed by atoms with Gasteiger partial charge in [0.2, 0.25) is 0 Å². The number of rotatable bonds is 99. The number of carbonyl (C=O) groups is 2. The lowest BCUT2D eigenvalue weighted by Crippen LogP contribution is -2.69. The Hall–Kier alpha value is -1.22. The number of hydrogen-bond donors (Lipinski definition) is 0. The first-order chi connectivity index (χ1) is 61.1. The molecule has 0 saturated carbocycles. The minimum atomic E-state index is -0.328. The standard InChI is InChI=1S/C116H228N2O6/c1-11-21-31-41-51-61-71-83-97-113(98-84-72-62-52-42-32-22-12-2)105-95-109(115(101-87-75-65-55-45-35-25-15-5,102-88-76-66-56-46-36-26-16-6)117(113)121-107-91-79-49-39-29-19-9)123-111(119)93-81-69-59-60-70-82-94-112(120)124-110-96-106-114(99-85-73-63-53-43-33-23-13-3,100-86-74-64-54-44-34-24-14-4)118(122-108-92-80-50-40-30-20-10)116(110,103-89-77-67-57-47-37-27-17-7)104-90-78-68-58-48-38-28-18-8/h109-110H,11-108H2,1-10H3. The van der Waals surface area contributed by atoms with Gasteiger partial charge in [-0.1, -0.05) is 570 Å². The molecule has 0 radical (unpaired) electrons. The largest absolute Gasteiger partial charge is 0.460 e. The first-order valence-electron chi connectivity index (χ1n) is 58.3. The van der Waals surface area contributed by atoms with Gasteiger partial charge in [-0.25, -0.2) is 0 Å². The van der Waals surface area contributed by atoms with Gasteiger partial charge in [-0.05, 0) is 103 Å². The zero-order chi connectivity index (χ0) is 89.6. The van der Waals surface area contributed by atoms with E-state index in [-0.39, 0.29) is 46.3 Å². The van der Waals surface area contributed by atoms with Gasteiger partial charge in [0.15, 0.2) is 0 Å². The number of esters is 2. The van der Waals surface area contributed by atoms with Gasteiger partial charge in [0.05, 0.1) is 24.3 Å². The van der Waals surface area contributed by atoms with Gasteiger partial charge < -0.3 is 9.47 Å². The Morgan fingerprint density at radius 2 is 0.355 bits per heavy atom. The van der Waals surface area contributed by atoms with E-state index in [4.69, 9.17) is 19.1 Å². The zero-order valence-electron chi connectivity index (χ0n) is 86.8. The average molecular weight is 1750 g/mol. The van der Waals surface area contributed by atoms with Crippen LogP contribution in [0, 0.1) is 0 Å². The molecule has 2 unspecified atom stereocenters. The molecule has 124 heavy (non-hydrogen) atoms. The molecule has 0 aromatic heterocycles. The van der Waals surface area contributed by atoms with Crippen LogP contribution < -0.4 is 0 Å². The fourth-order valence-corrected chi connectivity index (χ4v) is 22.4. The Labute approximate surface area is 779 Å². The highest BCUT2D eigenvalue weighted by atomic mass is 16.7. The van der Waals surface area contributed by atoms with Crippen molar-refractivity contribution in [1.29, 1.82) is 0 Å². The maximum absolute atomic E-state index is 15.1. The van der Waals surface area contributed by atoms with Crippen LogP contribution in [0.2, 0.25) is 0 Å². The summed E-state index contributed by atoms with van der Waals surface area (Å²) >= 11 is 0. The monoisotopic (exact) mass is 1750 g/mol. The third-order valence-corrected chi connectivity index (χ3v) is 30.4. The van der Waals surface area contributed by atoms with Crippen molar-refractivity contribution < 1.29 is 28.7 Å². The molecule has 2 rings (SSSR count). The number of nitrogens with zero attached hydrogens (tertiary/aromatic N) is 2. The molecule has 0 aromatic rings. The molecule has 0 aromatic carbocycles. The van der Waals surface area contributed by atoms with E-state index in [1.807, 2.05) is 0 Å². The number of hydrogen-bond acceptors (Lipinski definition) is 8. The molecule has 2 atom stereocenters. The highest BCUT2D eigenvalue weighted by Crippen LogP contribution is 2.53. The number of hydroxylamine groups is 4. The third kappa shape index (κ3) is 58.7.